The molecule has 0 fully saturated rings. The molecule has 0 rings (SSSR count). The molecule has 0 aromatic rings. The molecule has 0 heterocycles. The molecule has 16 heavy (non-hydrogen) atoms. The molecule has 3 heteroatoms. The van der Waals surface area contributed by atoms with Crippen LogP contribution in [0.25, 0.3) is 0 Å². The van der Waals surface area contributed by atoms with Gasteiger partial charge in [0.25, 0.3) is 0 Å². The SMILES string of the molecule is CCC[SiH](OCC)OC(C)(CCC)CCC. The molecule has 0 aromatic carbocycles. The van der Waals surface area contributed by atoms with E-state index < -0.39 is 9.28 Å². The van der Waals surface area contributed by atoms with Gasteiger partial charge >= 0.3 is 9.28 Å². The van der Waals surface area contributed by atoms with Crippen LogP contribution in [0.2, 0.25) is 6.04 Å². The second kappa shape index (κ2) is 9.20. The number of hydrogen-bond acceptors (Lipinski definition) is 2. The summed E-state index contributed by atoms with van der Waals surface area (Å²) < 4.78 is 12.1. The maximum Gasteiger partial charge on any atom is 0.321 e. The van der Waals surface area contributed by atoms with E-state index in [1.165, 1.54) is 19.3 Å². The summed E-state index contributed by atoms with van der Waals surface area (Å²) in [6, 6.07) is 1.14. The van der Waals surface area contributed by atoms with Crippen molar-refractivity contribution in [2.45, 2.75) is 78.4 Å². The topological polar surface area (TPSA) is 18.5 Å². The average molecular weight is 246 g/mol. The highest BCUT2D eigenvalue weighted by atomic mass is 28.3. The van der Waals surface area contributed by atoms with Crippen molar-refractivity contribution < 1.29 is 8.85 Å². The lowest BCUT2D eigenvalue weighted by Gasteiger charge is -2.33. The van der Waals surface area contributed by atoms with Crippen molar-refractivity contribution in [1.82, 2.24) is 0 Å². The molecular weight excluding hydrogens is 216 g/mol. The third kappa shape index (κ3) is 6.66. The third-order valence-corrected chi connectivity index (χ3v) is 5.44. The molecule has 0 aliphatic rings. The van der Waals surface area contributed by atoms with Crippen molar-refractivity contribution in [1.29, 1.82) is 0 Å². The standard InChI is InChI=1S/C13H30O2Si/c1-6-10-13(5,11-7-2)15-16(12-8-3)14-9-4/h16H,6-12H2,1-5H3. The maximum absolute atomic E-state index is 6.32. The Balaban J connectivity index is 4.30. The molecule has 2 nitrogen and oxygen atoms in total. The van der Waals surface area contributed by atoms with Crippen molar-refractivity contribution in [2.24, 2.45) is 0 Å². The van der Waals surface area contributed by atoms with Gasteiger partial charge in [0.1, 0.15) is 0 Å². The van der Waals surface area contributed by atoms with Crippen molar-refractivity contribution >= 4 is 9.28 Å². The minimum absolute atomic E-state index is 0.0602. The molecule has 0 amide bonds. The summed E-state index contributed by atoms with van der Waals surface area (Å²) in [5.41, 5.74) is 0.0602. The maximum atomic E-state index is 6.32. The van der Waals surface area contributed by atoms with Crippen LogP contribution in [0.5, 0.6) is 0 Å². The highest BCUT2D eigenvalue weighted by molar-refractivity contribution is 6.44. The van der Waals surface area contributed by atoms with Gasteiger partial charge in [-0.25, -0.2) is 0 Å². The first-order valence-corrected chi connectivity index (χ1v) is 8.67. The lowest BCUT2D eigenvalue weighted by atomic mass is 9.95. The van der Waals surface area contributed by atoms with E-state index in [4.69, 9.17) is 8.85 Å². The largest absolute Gasteiger partial charge is 0.397 e. The van der Waals surface area contributed by atoms with E-state index in [0.29, 0.717) is 0 Å². The Morgan fingerprint density at radius 3 is 1.88 bits per heavy atom. The summed E-state index contributed by atoms with van der Waals surface area (Å²) in [4.78, 5) is 0. The van der Waals surface area contributed by atoms with Crippen LogP contribution in [0.4, 0.5) is 0 Å². The molecule has 0 saturated carbocycles. The molecular formula is C13H30O2Si. The Hall–Kier alpha value is 0.137. The molecule has 0 aliphatic heterocycles. The minimum atomic E-state index is -1.42. The van der Waals surface area contributed by atoms with Gasteiger partial charge in [0.05, 0.1) is 5.60 Å². The van der Waals surface area contributed by atoms with E-state index >= 15 is 0 Å². The Labute approximate surface area is 104 Å². The smallest absolute Gasteiger partial charge is 0.321 e. The number of hydrogen-bond donors (Lipinski definition) is 0. The second-order valence-electron chi connectivity index (χ2n) is 4.74. The predicted octanol–water partition coefficient (Wildman–Crippen LogP) is 4.03. The summed E-state index contributed by atoms with van der Waals surface area (Å²) in [7, 11) is -1.42. The molecule has 0 aromatic heterocycles. The van der Waals surface area contributed by atoms with Crippen LogP contribution < -0.4 is 0 Å². The van der Waals surface area contributed by atoms with Gasteiger partial charge in [-0.2, -0.15) is 0 Å². The average Bonchev–Trinajstić information content (AvgIpc) is 2.18. The van der Waals surface area contributed by atoms with E-state index in [1.54, 1.807) is 0 Å². The van der Waals surface area contributed by atoms with E-state index in [9.17, 15) is 0 Å². The van der Waals surface area contributed by atoms with Crippen LogP contribution in [0.1, 0.15) is 66.7 Å². The van der Waals surface area contributed by atoms with Crippen LogP contribution in [0.3, 0.4) is 0 Å². The third-order valence-electron chi connectivity index (χ3n) is 2.85. The van der Waals surface area contributed by atoms with Crippen LogP contribution in [-0.4, -0.2) is 21.5 Å². The zero-order valence-electron chi connectivity index (χ0n) is 11.8. The van der Waals surface area contributed by atoms with Crippen LogP contribution in [-0.2, 0) is 8.85 Å². The van der Waals surface area contributed by atoms with Crippen molar-refractivity contribution in [3.05, 3.63) is 0 Å². The van der Waals surface area contributed by atoms with Crippen LogP contribution in [0.15, 0.2) is 0 Å². The quantitative estimate of drug-likeness (QED) is 0.542. The predicted molar refractivity (Wildman–Crippen MR) is 73.2 cm³/mol. The lowest BCUT2D eigenvalue weighted by molar-refractivity contribution is 0.0347. The van der Waals surface area contributed by atoms with Crippen molar-refractivity contribution in [3.63, 3.8) is 0 Å². The van der Waals surface area contributed by atoms with Gasteiger partial charge in [0.2, 0.25) is 0 Å². The molecule has 0 radical (unpaired) electrons. The first-order chi connectivity index (χ1) is 7.61. The zero-order valence-corrected chi connectivity index (χ0v) is 13.0. The second-order valence-corrected chi connectivity index (χ2v) is 6.75. The fraction of sp³-hybridized carbons (Fsp3) is 1.00. The molecule has 0 bridgehead atoms. The van der Waals surface area contributed by atoms with Gasteiger partial charge in [0.15, 0.2) is 0 Å². The molecule has 0 aliphatic carbocycles. The first kappa shape index (κ1) is 16.1. The minimum Gasteiger partial charge on any atom is -0.397 e. The van der Waals surface area contributed by atoms with Crippen LogP contribution in [0, 0.1) is 0 Å². The monoisotopic (exact) mass is 246 g/mol. The zero-order chi connectivity index (χ0) is 12.4. The fourth-order valence-corrected chi connectivity index (χ4v) is 4.28. The fourth-order valence-electron chi connectivity index (χ4n) is 2.22. The summed E-state index contributed by atoms with van der Waals surface area (Å²) in [6.45, 7) is 11.8. The van der Waals surface area contributed by atoms with E-state index in [-0.39, 0.29) is 5.60 Å². The molecule has 0 N–H and O–H groups in total. The van der Waals surface area contributed by atoms with E-state index in [1.807, 2.05) is 0 Å². The summed E-state index contributed by atoms with van der Waals surface area (Å²) >= 11 is 0. The van der Waals surface area contributed by atoms with E-state index in [0.717, 1.165) is 25.5 Å². The lowest BCUT2D eigenvalue weighted by Crippen LogP contribution is -2.37. The highest BCUT2D eigenvalue weighted by Gasteiger charge is 2.28. The molecule has 0 saturated heterocycles. The normalized spacial score (nSPS) is 14.1. The summed E-state index contributed by atoms with van der Waals surface area (Å²) in [5.74, 6) is 0. The Morgan fingerprint density at radius 1 is 0.938 bits per heavy atom. The van der Waals surface area contributed by atoms with Gasteiger partial charge in [-0.1, -0.05) is 40.0 Å². The molecule has 98 valence electrons. The summed E-state index contributed by atoms with van der Waals surface area (Å²) in [6.07, 6.45) is 5.86. The van der Waals surface area contributed by atoms with Crippen molar-refractivity contribution in [2.75, 3.05) is 6.61 Å². The molecule has 1 unspecified atom stereocenters. The summed E-state index contributed by atoms with van der Waals surface area (Å²) in [5, 5.41) is 0. The van der Waals surface area contributed by atoms with Gasteiger partial charge in [0, 0.05) is 6.61 Å². The Kier molecular flexibility index (Phi) is 9.28. The van der Waals surface area contributed by atoms with Gasteiger partial charge < -0.3 is 8.85 Å². The van der Waals surface area contributed by atoms with Gasteiger partial charge in [-0.15, -0.1) is 0 Å². The first-order valence-electron chi connectivity index (χ1n) is 6.91. The van der Waals surface area contributed by atoms with Crippen LogP contribution >= 0.6 is 0 Å². The Bertz CT molecular complexity index is 150. The Morgan fingerprint density at radius 2 is 1.50 bits per heavy atom. The van der Waals surface area contributed by atoms with Crippen molar-refractivity contribution in [3.8, 4) is 0 Å². The molecule has 1 atom stereocenters. The van der Waals surface area contributed by atoms with Gasteiger partial charge in [-0.05, 0) is 32.7 Å². The van der Waals surface area contributed by atoms with Gasteiger partial charge in [-0.3, -0.25) is 0 Å². The molecule has 0 spiro atoms. The highest BCUT2D eigenvalue weighted by Crippen LogP contribution is 2.25. The number of rotatable bonds is 10. The van der Waals surface area contributed by atoms with E-state index in [2.05, 4.69) is 34.6 Å².